The largest absolute Gasteiger partial charge is 0.508 e. The number of rotatable bonds is 5. The van der Waals surface area contributed by atoms with Crippen molar-refractivity contribution in [3.63, 3.8) is 0 Å². The van der Waals surface area contributed by atoms with Crippen molar-refractivity contribution in [3.8, 4) is 5.75 Å². The van der Waals surface area contributed by atoms with E-state index in [4.69, 9.17) is 4.74 Å². The zero-order chi connectivity index (χ0) is 22.1. The molecule has 0 aliphatic carbocycles. The molecule has 0 saturated carbocycles. The van der Waals surface area contributed by atoms with E-state index in [0.29, 0.717) is 17.4 Å². The second kappa shape index (κ2) is 8.14. The minimum absolute atomic E-state index is 0.0155. The van der Waals surface area contributed by atoms with Crippen LogP contribution in [0.25, 0.3) is 10.9 Å². The smallest absolute Gasteiger partial charge is 0.328 e. The van der Waals surface area contributed by atoms with Crippen molar-refractivity contribution in [2.45, 2.75) is 33.4 Å². The highest BCUT2D eigenvalue weighted by atomic mass is 19.1. The van der Waals surface area contributed by atoms with E-state index >= 15 is 0 Å². The summed E-state index contributed by atoms with van der Waals surface area (Å²) in [6, 6.07) is 9.69. The van der Waals surface area contributed by atoms with Crippen LogP contribution in [0.15, 0.2) is 42.5 Å². The third-order valence-electron chi connectivity index (χ3n) is 4.77. The fraction of sp³-hybridized carbons (Fsp3) is 0.318. The van der Waals surface area contributed by atoms with Gasteiger partial charge in [-0.1, -0.05) is 32.9 Å². The first-order valence-corrected chi connectivity index (χ1v) is 9.43. The van der Waals surface area contributed by atoms with Crippen molar-refractivity contribution in [1.29, 1.82) is 0 Å². The predicted octanol–water partition coefficient (Wildman–Crippen LogP) is 3.25. The molecule has 0 bridgehead atoms. The zero-order valence-corrected chi connectivity index (χ0v) is 17.3. The fourth-order valence-corrected chi connectivity index (χ4v) is 3.16. The van der Waals surface area contributed by atoms with Gasteiger partial charge in [0.05, 0.1) is 19.2 Å². The first-order valence-electron chi connectivity index (χ1n) is 9.43. The van der Waals surface area contributed by atoms with Gasteiger partial charge in [0.2, 0.25) is 0 Å². The van der Waals surface area contributed by atoms with Gasteiger partial charge in [0.15, 0.2) is 5.69 Å². The lowest BCUT2D eigenvalue weighted by atomic mass is 9.86. The van der Waals surface area contributed by atoms with E-state index in [1.807, 2.05) is 20.8 Å². The molecule has 0 radical (unpaired) electrons. The molecule has 0 fully saturated rings. The molecule has 1 atom stereocenters. The Morgan fingerprint density at radius 2 is 1.87 bits per heavy atom. The Bertz CT molecular complexity index is 1080. The maximum atomic E-state index is 13.2. The second-order valence-corrected chi connectivity index (χ2v) is 8.13. The van der Waals surface area contributed by atoms with Crippen LogP contribution in [0.5, 0.6) is 5.75 Å². The highest BCUT2D eigenvalue weighted by Crippen LogP contribution is 2.26. The number of nitrogens with one attached hydrogen (secondary N) is 1. The molecule has 1 heterocycles. The number of phenolic OH excluding ortho intramolecular Hbond substituents is 1. The Morgan fingerprint density at radius 3 is 2.47 bits per heavy atom. The summed E-state index contributed by atoms with van der Waals surface area (Å²) in [5.41, 5.74) is 0.897. The Morgan fingerprint density at radius 1 is 1.20 bits per heavy atom. The van der Waals surface area contributed by atoms with Crippen LogP contribution < -0.4 is 5.32 Å². The summed E-state index contributed by atoms with van der Waals surface area (Å²) in [7, 11) is 1.26. The average Bonchev–Trinajstić information content (AvgIpc) is 3.03. The van der Waals surface area contributed by atoms with E-state index in [2.05, 4.69) is 10.4 Å². The number of aromatic hydroxyl groups is 1. The summed E-state index contributed by atoms with van der Waals surface area (Å²) >= 11 is 0. The molecule has 0 spiro atoms. The minimum Gasteiger partial charge on any atom is -0.508 e. The van der Waals surface area contributed by atoms with Gasteiger partial charge in [-0.05, 0) is 41.3 Å². The molecule has 7 nitrogen and oxygen atoms in total. The van der Waals surface area contributed by atoms with Crippen LogP contribution in [-0.4, -0.2) is 39.9 Å². The van der Waals surface area contributed by atoms with Crippen molar-refractivity contribution in [2.75, 3.05) is 7.11 Å². The predicted molar refractivity (Wildman–Crippen MR) is 110 cm³/mol. The summed E-state index contributed by atoms with van der Waals surface area (Å²) in [6.45, 7) is 5.73. The lowest BCUT2D eigenvalue weighted by molar-refractivity contribution is -0.145. The second-order valence-electron chi connectivity index (χ2n) is 8.13. The summed E-state index contributed by atoms with van der Waals surface area (Å²) in [5.74, 6) is -1.48. The number of carbonyl (C=O) groups is 2. The highest BCUT2D eigenvalue weighted by Gasteiger charge is 2.34. The third kappa shape index (κ3) is 4.42. The number of hydrogen-bond donors (Lipinski definition) is 2. The monoisotopic (exact) mass is 413 g/mol. The molecule has 8 heteroatoms. The van der Waals surface area contributed by atoms with Crippen LogP contribution in [0.1, 0.15) is 36.8 Å². The van der Waals surface area contributed by atoms with Crippen molar-refractivity contribution < 1.29 is 23.8 Å². The van der Waals surface area contributed by atoms with Crippen LogP contribution >= 0.6 is 0 Å². The lowest BCUT2D eigenvalue weighted by Crippen LogP contribution is -2.49. The number of benzene rings is 2. The number of fused-ring (bicyclic) bond motifs is 1. The van der Waals surface area contributed by atoms with E-state index in [-0.39, 0.29) is 17.3 Å². The molecule has 30 heavy (non-hydrogen) atoms. The fourth-order valence-electron chi connectivity index (χ4n) is 3.16. The molecule has 0 aliphatic heterocycles. The number of aromatic nitrogens is 2. The van der Waals surface area contributed by atoms with Gasteiger partial charge in [-0.25, -0.2) is 9.18 Å². The minimum atomic E-state index is -0.885. The number of halogens is 1. The normalized spacial score (nSPS) is 12.6. The quantitative estimate of drug-likeness (QED) is 0.627. The number of carbonyl (C=O) groups excluding carboxylic acids is 2. The van der Waals surface area contributed by atoms with E-state index < -0.39 is 23.3 Å². The Labute approximate surface area is 173 Å². The van der Waals surface area contributed by atoms with Crippen molar-refractivity contribution >= 4 is 22.8 Å². The summed E-state index contributed by atoms with van der Waals surface area (Å²) < 4.78 is 19.6. The van der Waals surface area contributed by atoms with Crippen molar-refractivity contribution in [2.24, 2.45) is 5.41 Å². The molecule has 1 amide bonds. The summed E-state index contributed by atoms with van der Waals surface area (Å²) in [6.07, 6.45) is 0. The van der Waals surface area contributed by atoms with E-state index in [9.17, 15) is 19.1 Å². The Balaban J connectivity index is 2.00. The molecule has 2 aromatic carbocycles. The number of esters is 1. The van der Waals surface area contributed by atoms with Crippen molar-refractivity contribution in [3.05, 3.63) is 59.5 Å². The van der Waals surface area contributed by atoms with E-state index in [1.54, 1.807) is 22.9 Å². The number of methoxy groups -OCH3 is 1. The SMILES string of the molecule is COC(=O)[C@@H](NC(=O)c1nn(Cc2ccc(F)cc2)c2ccc(O)cc12)C(C)(C)C. The van der Waals surface area contributed by atoms with Gasteiger partial charge < -0.3 is 15.2 Å². The molecule has 0 aliphatic rings. The van der Waals surface area contributed by atoms with Gasteiger partial charge in [0.1, 0.15) is 17.6 Å². The van der Waals surface area contributed by atoms with Crippen LogP contribution in [0.4, 0.5) is 4.39 Å². The average molecular weight is 413 g/mol. The van der Waals surface area contributed by atoms with E-state index in [0.717, 1.165) is 5.56 Å². The number of phenols is 1. The lowest BCUT2D eigenvalue weighted by Gasteiger charge is -2.28. The molecular weight excluding hydrogens is 389 g/mol. The third-order valence-corrected chi connectivity index (χ3v) is 4.77. The molecule has 3 aromatic rings. The topological polar surface area (TPSA) is 93.5 Å². The molecule has 1 aromatic heterocycles. The first kappa shape index (κ1) is 21.3. The van der Waals surface area contributed by atoms with Crippen LogP contribution in [-0.2, 0) is 16.1 Å². The maximum Gasteiger partial charge on any atom is 0.328 e. The van der Waals surface area contributed by atoms with E-state index in [1.165, 1.54) is 31.4 Å². The first-order chi connectivity index (χ1) is 14.1. The standard InChI is InChI=1S/C22H24FN3O4/c1-22(2,3)19(21(29)30-4)24-20(28)18-16-11-15(27)9-10-17(16)26(25-18)12-13-5-7-14(23)8-6-13/h5-11,19,27H,12H2,1-4H3,(H,24,28)/t19-/m1/s1. The van der Waals surface area contributed by atoms with Crippen LogP contribution in [0.3, 0.4) is 0 Å². The number of nitrogens with zero attached hydrogens (tertiary/aromatic N) is 2. The van der Waals surface area contributed by atoms with Crippen LogP contribution in [0.2, 0.25) is 0 Å². The number of ether oxygens (including phenoxy) is 1. The zero-order valence-electron chi connectivity index (χ0n) is 17.3. The van der Waals surface area contributed by atoms with Gasteiger partial charge >= 0.3 is 5.97 Å². The molecular formula is C22H24FN3O4. The molecule has 0 unspecified atom stereocenters. The Hall–Kier alpha value is -3.42. The van der Waals surface area contributed by atoms with Crippen molar-refractivity contribution in [1.82, 2.24) is 15.1 Å². The molecule has 2 N–H and O–H groups in total. The van der Waals surface area contributed by atoms with Gasteiger partial charge in [-0.3, -0.25) is 9.48 Å². The van der Waals surface area contributed by atoms with Gasteiger partial charge in [-0.15, -0.1) is 0 Å². The molecule has 158 valence electrons. The van der Waals surface area contributed by atoms with Gasteiger partial charge in [0.25, 0.3) is 5.91 Å². The summed E-state index contributed by atoms with van der Waals surface area (Å²) in [5, 5.41) is 17.5. The Kier molecular flexibility index (Phi) is 5.78. The summed E-state index contributed by atoms with van der Waals surface area (Å²) in [4.78, 5) is 25.2. The van der Waals surface area contributed by atoms with Crippen LogP contribution in [0, 0.1) is 11.2 Å². The van der Waals surface area contributed by atoms with Gasteiger partial charge in [-0.2, -0.15) is 5.10 Å². The number of hydrogen-bond acceptors (Lipinski definition) is 5. The maximum absolute atomic E-state index is 13.2. The molecule has 0 saturated heterocycles. The molecule has 3 rings (SSSR count). The number of amides is 1. The highest BCUT2D eigenvalue weighted by molar-refractivity contribution is 6.06. The van der Waals surface area contributed by atoms with Gasteiger partial charge in [0, 0.05) is 5.39 Å².